The molecule has 220 valence electrons. The van der Waals surface area contributed by atoms with E-state index in [0.717, 1.165) is 19.3 Å². The lowest BCUT2D eigenvalue weighted by atomic mass is 10.0. The van der Waals surface area contributed by atoms with Crippen molar-refractivity contribution in [3.05, 3.63) is 35.4 Å². The molecule has 1 aromatic carbocycles. The Labute approximate surface area is 237 Å². The summed E-state index contributed by atoms with van der Waals surface area (Å²) >= 11 is 0. The van der Waals surface area contributed by atoms with Crippen molar-refractivity contribution in [2.45, 2.75) is 99.6 Å². The molecular formula is C31H52N4O4. The fraction of sp³-hybridized carbons (Fsp3) is 0.677. The smallest absolute Gasteiger partial charge is 0.209 e. The molecule has 2 aliphatic rings. The van der Waals surface area contributed by atoms with Crippen LogP contribution >= 0.6 is 0 Å². The van der Waals surface area contributed by atoms with Crippen LogP contribution in [0.4, 0.5) is 0 Å². The van der Waals surface area contributed by atoms with Crippen molar-refractivity contribution in [3.63, 3.8) is 0 Å². The minimum Gasteiger partial charge on any atom is -0.480 e. The Morgan fingerprint density at radius 2 is 1.00 bits per heavy atom. The molecule has 2 atom stereocenters. The van der Waals surface area contributed by atoms with Crippen molar-refractivity contribution < 1.29 is 18.9 Å². The number of aryl methyl sites for hydroxylation is 1. The third-order valence-electron chi connectivity index (χ3n) is 5.27. The van der Waals surface area contributed by atoms with Gasteiger partial charge in [-0.25, -0.2) is 20.0 Å². The molecule has 0 unspecified atom stereocenters. The van der Waals surface area contributed by atoms with Gasteiger partial charge in [0.2, 0.25) is 23.6 Å². The van der Waals surface area contributed by atoms with Crippen LogP contribution in [0.5, 0.6) is 0 Å². The van der Waals surface area contributed by atoms with E-state index in [-0.39, 0.29) is 12.1 Å². The summed E-state index contributed by atoms with van der Waals surface area (Å²) in [4.78, 5) is 18.5. The standard InChI is InChI=1S/C25H36N4O4.2C3H8/c1-5-30-22-16-26-24(32-7-3)20(28-22)14-13-18-9-11-19(12-10-18)15-21-25(33-8-4)27-17-23(29-21)31-6-2;2*1-3-2/h9-12,20-21H,5-8,13-17H2,1-4H3;2*3H2,1-2H3/t20-,21-;;/m1../s1. The van der Waals surface area contributed by atoms with E-state index in [9.17, 15) is 0 Å². The monoisotopic (exact) mass is 544 g/mol. The molecule has 0 bridgehead atoms. The van der Waals surface area contributed by atoms with Gasteiger partial charge in [-0.1, -0.05) is 64.8 Å². The van der Waals surface area contributed by atoms with Gasteiger partial charge in [-0.05, 0) is 51.7 Å². The van der Waals surface area contributed by atoms with Gasteiger partial charge in [0.15, 0.2) is 0 Å². The summed E-state index contributed by atoms with van der Waals surface area (Å²) in [6, 6.07) is 8.38. The van der Waals surface area contributed by atoms with Crippen LogP contribution in [0.2, 0.25) is 0 Å². The lowest BCUT2D eigenvalue weighted by molar-refractivity contribution is 0.292. The Morgan fingerprint density at radius 1 is 0.590 bits per heavy atom. The molecular weight excluding hydrogens is 492 g/mol. The topological polar surface area (TPSA) is 86.4 Å². The summed E-state index contributed by atoms with van der Waals surface area (Å²) in [6.45, 7) is 19.6. The van der Waals surface area contributed by atoms with Gasteiger partial charge in [-0.3, -0.25) is 0 Å². The molecule has 2 aliphatic heterocycles. The molecule has 8 heteroatoms. The minimum atomic E-state index is -0.148. The van der Waals surface area contributed by atoms with Crippen molar-refractivity contribution in [2.24, 2.45) is 20.0 Å². The molecule has 0 spiro atoms. The zero-order chi connectivity index (χ0) is 28.9. The number of hydrogen-bond acceptors (Lipinski definition) is 8. The van der Waals surface area contributed by atoms with E-state index < -0.39 is 0 Å². The number of aliphatic imine (C=N–C) groups is 4. The average Bonchev–Trinajstić information content (AvgIpc) is 2.92. The van der Waals surface area contributed by atoms with Crippen LogP contribution in [0, 0.1) is 0 Å². The summed E-state index contributed by atoms with van der Waals surface area (Å²) in [5, 5.41) is 0. The third-order valence-corrected chi connectivity index (χ3v) is 5.27. The largest absolute Gasteiger partial charge is 0.480 e. The maximum Gasteiger partial charge on any atom is 0.209 e. The summed E-state index contributed by atoms with van der Waals surface area (Å²) < 4.78 is 22.6. The van der Waals surface area contributed by atoms with Crippen molar-refractivity contribution >= 4 is 23.6 Å². The van der Waals surface area contributed by atoms with Crippen molar-refractivity contribution in [3.8, 4) is 0 Å². The summed E-state index contributed by atoms with van der Waals surface area (Å²) in [7, 11) is 0. The van der Waals surface area contributed by atoms with Crippen LogP contribution in [-0.2, 0) is 31.8 Å². The predicted molar refractivity (Wildman–Crippen MR) is 164 cm³/mol. The molecule has 0 aliphatic carbocycles. The van der Waals surface area contributed by atoms with Crippen molar-refractivity contribution in [1.82, 2.24) is 0 Å². The molecule has 8 nitrogen and oxygen atoms in total. The number of rotatable bonds is 9. The average molecular weight is 545 g/mol. The highest BCUT2D eigenvalue weighted by Gasteiger charge is 2.24. The zero-order valence-corrected chi connectivity index (χ0v) is 25.7. The molecule has 1 aromatic rings. The van der Waals surface area contributed by atoms with Crippen molar-refractivity contribution in [1.29, 1.82) is 0 Å². The highest BCUT2D eigenvalue weighted by Crippen LogP contribution is 2.17. The molecule has 0 saturated carbocycles. The normalized spacial score (nSPS) is 18.1. The van der Waals surface area contributed by atoms with Crippen LogP contribution in [0.15, 0.2) is 44.2 Å². The first kappa shape index (κ1) is 34.1. The number of benzene rings is 1. The quantitative estimate of drug-likeness (QED) is 0.355. The Kier molecular flexibility index (Phi) is 18.4. The molecule has 0 saturated heterocycles. The second kappa shape index (κ2) is 21.0. The minimum absolute atomic E-state index is 0.0987. The zero-order valence-electron chi connectivity index (χ0n) is 25.7. The first-order valence-corrected chi connectivity index (χ1v) is 14.8. The first-order valence-electron chi connectivity index (χ1n) is 14.8. The van der Waals surface area contributed by atoms with Crippen LogP contribution in [0.1, 0.15) is 85.8 Å². The summed E-state index contributed by atoms with van der Waals surface area (Å²) in [6.07, 6.45) is 4.92. The van der Waals surface area contributed by atoms with E-state index >= 15 is 0 Å². The van der Waals surface area contributed by atoms with Crippen LogP contribution < -0.4 is 0 Å². The Morgan fingerprint density at radius 3 is 1.46 bits per heavy atom. The Hall–Kier alpha value is -2.90. The van der Waals surface area contributed by atoms with Gasteiger partial charge in [-0.15, -0.1) is 0 Å². The molecule has 39 heavy (non-hydrogen) atoms. The van der Waals surface area contributed by atoms with Crippen LogP contribution in [-0.4, -0.2) is 75.2 Å². The van der Waals surface area contributed by atoms with E-state index in [1.165, 1.54) is 24.0 Å². The van der Waals surface area contributed by atoms with E-state index in [2.05, 4.69) is 61.9 Å². The fourth-order valence-corrected chi connectivity index (χ4v) is 3.81. The number of hydrogen-bond donors (Lipinski definition) is 0. The Bertz CT molecular complexity index is 908. The molecule has 0 amide bonds. The lowest BCUT2D eigenvalue weighted by Gasteiger charge is -2.22. The SMILES string of the molecule is CCC.CCC.CCOC1=N[C@H](CCc2ccc(C[C@H]3N=C(OCC)CN=C3OCC)cc2)C(OCC)=NC1. The molecule has 0 radical (unpaired) electrons. The molecule has 2 heterocycles. The second-order valence-corrected chi connectivity index (χ2v) is 9.09. The van der Waals surface area contributed by atoms with Gasteiger partial charge in [-0.2, -0.15) is 0 Å². The third kappa shape index (κ3) is 13.1. The maximum absolute atomic E-state index is 5.72. The highest BCUT2D eigenvalue weighted by atomic mass is 16.5. The molecule has 0 aromatic heterocycles. The molecule has 0 fully saturated rings. The van der Waals surface area contributed by atoms with E-state index in [1.54, 1.807) is 0 Å². The van der Waals surface area contributed by atoms with Gasteiger partial charge in [0, 0.05) is 6.42 Å². The van der Waals surface area contributed by atoms with E-state index in [1.807, 2.05) is 27.7 Å². The van der Waals surface area contributed by atoms with Crippen LogP contribution in [0.25, 0.3) is 0 Å². The lowest BCUT2D eigenvalue weighted by Crippen LogP contribution is -2.31. The van der Waals surface area contributed by atoms with Gasteiger partial charge >= 0.3 is 0 Å². The second-order valence-electron chi connectivity index (χ2n) is 9.09. The maximum atomic E-state index is 5.72. The van der Waals surface area contributed by atoms with Gasteiger partial charge in [0.25, 0.3) is 0 Å². The van der Waals surface area contributed by atoms with Gasteiger partial charge in [0.05, 0.1) is 26.4 Å². The number of nitrogens with zero attached hydrogens (tertiary/aromatic N) is 4. The Balaban J connectivity index is 0.00000116. The van der Waals surface area contributed by atoms with Gasteiger partial charge < -0.3 is 18.9 Å². The van der Waals surface area contributed by atoms with Crippen LogP contribution in [0.3, 0.4) is 0 Å². The van der Waals surface area contributed by atoms with Crippen molar-refractivity contribution in [2.75, 3.05) is 39.5 Å². The van der Waals surface area contributed by atoms with Gasteiger partial charge in [0.1, 0.15) is 25.2 Å². The fourth-order valence-electron chi connectivity index (χ4n) is 3.81. The van der Waals surface area contributed by atoms with E-state index in [0.29, 0.717) is 63.1 Å². The molecule has 0 N–H and O–H groups in total. The summed E-state index contributed by atoms with van der Waals surface area (Å²) in [5.41, 5.74) is 2.43. The van der Waals surface area contributed by atoms with E-state index in [4.69, 9.17) is 28.9 Å². The first-order chi connectivity index (χ1) is 19.0. The predicted octanol–water partition coefficient (Wildman–Crippen LogP) is 6.50. The summed E-state index contributed by atoms with van der Waals surface area (Å²) in [5.74, 6) is 2.76. The molecule has 3 rings (SSSR count). The number of ether oxygens (including phenoxy) is 4. The highest BCUT2D eigenvalue weighted by molar-refractivity contribution is 5.92.